The van der Waals surface area contributed by atoms with Gasteiger partial charge >= 0.3 is 6.18 Å². The number of hydrogen-bond acceptors (Lipinski definition) is 3. The van der Waals surface area contributed by atoms with Gasteiger partial charge in [0.2, 0.25) is 0 Å². The van der Waals surface area contributed by atoms with Crippen molar-refractivity contribution in [2.45, 2.75) is 18.4 Å². The van der Waals surface area contributed by atoms with E-state index < -0.39 is 47.5 Å². The number of fused-ring (bicyclic) bond motifs is 1. The van der Waals surface area contributed by atoms with Gasteiger partial charge in [-0.3, -0.25) is 19.3 Å². The first-order chi connectivity index (χ1) is 16.1. The summed E-state index contributed by atoms with van der Waals surface area (Å²) >= 11 is 0. The molecule has 34 heavy (non-hydrogen) atoms. The van der Waals surface area contributed by atoms with E-state index in [4.69, 9.17) is 0 Å². The lowest BCUT2D eigenvalue weighted by Crippen LogP contribution is -2.49. The number of anilines is 1. The van der Waals surface area contributed by atoms with Gasteiger partial charge in [0.25, 0.3) is 17.7 Å². The molecule has 3 amide bonds. The Bertz CT molecular complexity index is 1220. The van der Waals surface area contributed by atoms with Gasteiger partial charge in [-0.05, 0) is 54.1 Å². The topological polar surface area (TPSA) is 66.5 Å². The van der Waals surface area contributed by atoms with Crippen molar-refractivity contribution in [2.24, 2.45) is 0 Å². The molecule has 0 saturated heterocycles. The number of nitrogens with zero attached hydrogens (tertiary/aromatic N) is 1. The molecule has 2 atom stereocenters. The Morgan fingerprint density at radius 1 is 0.824 bits per heavy atom. The van der Waals surface area contributed by atoms with E-state index in [-0.39, 0.29) is 22.4 Å². The van der Waals surface area contributed by atoms with Crippen molar-refractivity contribution >= 4 is 23.4 Å². The third-order valence-electron chi connectivity index (χ3n) is 5.32. The van der Waals surface area contributed by atoms with Crippen LogP contribution in [0.3, 0.4) is 0 Å². The fourth-order valence-electron chi connectivity index (χ4n) is 3.63. The second-order valence-corrected chi connectivity index (χ2v) is 7.49. The van der Waals surface area contributed by atoms with Crippen molar-refractivity contribution in [1.82, 2.24) is 4.90 Å². The van der Waals surface area contributed by atoms with Crippen LogP contribution in [-0.4, -0.2) is 28.7 Å². The van der Waals surface area contributed by atoms with Gasteiger partial charge in [0, 0.05) is 5.69 Å². The lowest BCUT2D eigenvalue weighted by atomic mass is 10.0. The molecule has 1 heterocycles. The lowest BCUT2D eigenvalue weighted by Gasteiger charge is -2.28. The fourth-order valence-corrected chi connectivity index (χ4v) is 3.63. The summed E-state index contributed by atoms with van der Waals surface area (Å²) in [7, 11) is 0. The predicted octanol–water partition coefficient (Wildman–Crippen LogP) is 5.16. The van der Waals surface area contributed by atoms with Gasteiger partial charge in [-0.2, -0.15) is 13.2 Å². The first kappa shape index (κ1) is 23.1. The Balaban J connectivity index is 1.69. The highest BCUT2D eigenvalue weighted by Gasteiger charge is 2.47. The SMILES string of the molecule is O=C(Nc1ccc(C(F)(F)F)cc1)[C@H]([C@@H](F)c1ccc(F)cc1)N1C(=O)c2ccccc2C1=O. The highest BCUT2D eigenvalue weighted by molar-refractivity contribution is 6.23. The highest BCUT2D eigenvalue weighted by atomic mass is 19.4. The molecule has 3 aromatic carbocycles. The van der Waals surface area contributed by atoms with E-state index in [1.807, 2.05) is 0 Å². The smallest absolute Gasteiger partial charge is 0.324 e. The van der Waals surface area contributed by atoms with E-state index in [0.29, 0.717) is 4.90 Å². The van der Waals surface area contributed by atoms with Crippen molar-refractivity contribution in [3.05, 3.63) is 101 Å². The minimum Gasteiger partial charge on any atom is -0.324 e. The van der Waals surface area contributed by atoms with E-state index in [1.54, 1.807) is 0 Å². The molecule has 4 rings (SSSR count). The predicted molar refractivity (Wildman–Crippen MR) is 111 cm³/mol. The molecule has 5 nitrogen and oxygen atoms in total. The van der Waals surface area contributed by atoms with Crippen LogP contribution in [0, 0.1) is 5.82 Å². The molecule has 3 aromatic rings. The normalized spacial score (nSPS) is 15.1. The third kappa shape index (κ3) is 4.26. The molecular weight excluding hydrogens is 459 g/mol. The van der Waals surface area contributed by atoms with Crippen LogP contribution in [0.4, 0.5) is 27.6 Å². The summed E-state index contributed by atoms with van der Waals surface area (Å²) in [6.45, 7) is 0. The van der Waals surface area contributed by atoms with E-state index in [0.717, 1.165) is 48.5 Å². The number of alkyl halides is 4. The largest absolute Gasteiger partial charge is 0.416 e. The van der Waals surface area contributed by atoms with Crippen LogP contribution in [0.1, 0.15) is 38.0 Å². The Morgan fingerprint density at radius 3 is 1.85 bits per heavy atom. The Labute approximate surface area is 189 Å². The lowest BCUT2D eigenvalue weighted by molar-refractivity contribution is -0.137. The Morgan fingerprint density at radius 2 is 1.35 bits per heavy atom. The molecule has 1 aliphatic rings. The second kappa shape index (κ2) is 8.69. The Hall–Kier alpha value is -4.08. The summed E-state index contributed by atoms with van der Waals surface area (Å²) < 4.78 is 67.4. The molecule has 0 unspecified atom stereocenters. The van der Waals surface area contributed by atoms with E-state index >= 15 is 4.39 Å². The third-order valence-corrected chi connectivity index (χ3v) is 5.32. The van der Waals surface area contributed by atoms with Crippen LogP contribution in [-0.2, 0) is 11.0 Å². The summed E-state index contributed by atoms with van der Waals surface area (Å²) in [5.41, 5.74) is -1.29. The monoisotopic (exact) mass is 474 g/mol. The van der Waals surface area contributed by atoms with Crippen molar-refractivity contribution in [3.63, 3.8) is 0 Å². The van der Waals surface area contributed by atoms with Gasteiger partial charge in [-0.15, -0.1) is 0 Å². The summed E-state index contributed by atoms with van der Waals surface area (Å²) in [4.78, 5) is 39.4. The van der Waals surface area contributed by atoms with Crippen molar-refractivity contribution in [3.8, 4) is 0 Å². The number of imide groups is 1. The van der Waals surface area contributed by atoms with E-state index in [9.17, 15) is 31.9 Å². The molecule has 0 spiro atoms. The highest BCUT2D eigenvalue weighted by Crippen LogP contribution is 2.34. The number of carbonyl (C=O) groups excluding carboxylic acids is 3. The van der Waals surface area contributed by atoms with Gasteiger partial charge in [-0.1, -0.05) is 24.3 Å². The van der Waals surface area contributed by atoms with Crippen LogP contribution in [0.2, 0.25) is 0 Å². The molecular formula is C24H15F5N2O3. The zero-order valence-corrected chi connectivity index (χ0v) is 17.1. The maximum Gasteiger partial charge on any atom is 0.416 e. The number of amides is 3. The average Bonchev–Trinajstić information content (AvgIpc) is 3.05. The molecule has 0 aromatic heterocycles. The maximum absolute atomic E-state index is 15.6. The Kier molecular flexibility index (Phi) is 5.90. The number of carbonyl (C=O) groups is 3. The van der Waals surface area contributed by atoms with Crippen molar-refractivity contribution in [1.29, 1.82) is 0 Å². The molecule has 174 valence electrons. The second-order valence-electron chi connectivity index (χ2n) is 7.49. The van der Waals surface area contributed by atoms with Crippen molar-refractivity contribution in [2.75, 3.05) is 5.32 Å². The van der Waals surface area contributed by atoms with Crippen LogP contribution in [0.5, 0.6) is 0 Å². The molecule has 1 aliphatic heterocycles. The molecule has 0 saturated carbocycles. The standard InChI is InChI=1S/C24H15F5N2O3/c25-15-9-5-13(6-10-15)19(26)20(31-22(33)17-3-1-2-4-18(17)23(31)34)21(32)30-16-11-7-14(8-12-16)24(27,28)29/h1-12,19-20H,(H,30,32)/t19-,20-/m0/s1. The van der Waals surface area contributed by atoms with Crippen LogP contribution in [0.15, 0.2) is 72.8 Å². The maximum atomic E-state index is 15.6. The van der Waals surface area contributed by atoms with Crippen molar-refractivity contribution < 1.29 is 36.3 Å². The number of halogens is 5. The first-order valence-corrected chi connectivity index (χ1v) is 9.92. The molecule has 1 N–H and O–H groups in total. The minimum absolute atomic E-state index is 0.0221. The first-order valence-electron chi connectivity index (χ1n) is 9.92. The summed E-state index contributed by atoms with van der Waals surface area (Å²) in [6, 6.07) is 11.1. The number of benzene rings is 3. The van der Waals surface area contributed by atoms with Crippen LogP contribution in [0.25, 0.3) is 0 Å². The quantitative estimate of drug-likeness (QED) is 0.411. The van der Waals surface area contributed by atoms with Crippen LogP contribution >= 0.6 is 0 Å². The van der Waals surface area contributed by atoms with Crippen LogP contribution < -0.4 is 5.32 Å². The summed E-state index contributed by atoms with van der Waals surface area (Å²) in [5.74, 6) is -3.62. The zero-order valence-electron chi connectivity index (χ0n) is 17.1. The average molecular weight is 474 g/mol. The zero-order chi connectivity index (χ0) is 24.6. The fraction of sp³-hybridized carbons (Fsp3) is 0.125. The number of nitrogens with one attached hydrogen (secondary N) is 1. The van der Waals surface area contributed by atoms with Gasteiger partial charge in [0.05, 0.1) is 16.7 Å². The molecule has 0 fully saturated rings. The van der Waals surface area contributed by atoms with Gasteiger partial charge in [0.1, 0.15) is 5.82 Å². The molecule has 0 bridgehead atoms. The summed E-state index contributed by atoms with van der Waals surface area (Å²) in [6.07, 6.45) is -6.85. The minimum atomic E-state index is -4.60. The van der Waals surface area contributed by atoms with E-state index in [2.05, 4.69) is 5.32 Å². The van der Waals surface area contributed by atoms with Gasteiger partial charge < -0.3 is 5.32 Å². The van der Waals surface area contributed by atoms with Gasteiger partial charge in [-0.25, -0.2) is 8.78 Å². The van der Waals surface area contributed by atoms with Gasteiger partial charge in [0.15, 0.2) is 12.2 Å². The summed E-state index contributed by atoms with van der Waals surface area (Å²) in [5, 5.41) is 2.26. The molecule has 0 aliphatic carbocycles. The molecule has 10 heteroatoms. The number of rotatable bonds is 5. The van der Waals surface area contributed by atoms with E-state index in [1.165, 1.54) is 24.3 Å². The molecule has 0 radical (unpaired) electrons. The number of hydrogen-bond donors (Lipinski definition) is 1.